The van der Waals surface area contributed by atoms with E-state index in [-0.39, 0.29) is 5.69 Å². The molecule has 22 heavy (non-hydrogen) atoms. The Hall–Kier alpha value is -3.02. The van der Waals surface area contributed by atoms with E-state index in [1.54, 1.807) is 0 Å². The molecule has 0 unspecified atom stereocenters. The lowest BCUT2D eigenvalue weighted by Gasteiger charge is -2.12. The summed E-state index contributed by atoms with van der Waals surface area (Å²) >= 11 is 0. The van der Waals surface area contributed by atoms with Crippen molar-refractivity contribution in [2.75, 3.05) is 11.9 Å². The second-order valence-corrected chi connectivity index (χ2v) is 3.93. The number of alkyl halides is 3. The van der Waals surface area contributed by atoms with Gasteiger partial charge in [-0.3, -0.25) is 9.59 Å². The molecule has 1 amide bonds. The van der Waals surface area contributed by atoms with Crippen molar-refractivity contribution < 1.29 is 27.9 Å². The first-order valence-electron chi connectivity index (χ1n) is 5.78. The Morgan fingerprint density at radius 3 is 2.50 bits per heavy atom. The van der Waals surface area contributed by atoms with E-state index in [2.05, 4.69) is 5.32 Å². The van der Waals surface area contributed by atoms with Gasteiger partial charge in [-0.15, -0.1) is 0 Å². The van der Waals surface area contributed by atoms with Gasteiger partial charge in [-0.1, -0.05) is 12.1 Å². The number of hydrogen-bond acceptors (Lipinski definition) is 4. The Kier molecular flexibility index (Phi) is 5.51. The van der Waals surface area contributed by atoms with Gasteiger partial charge >= 0.3 is 12.1 Å². The number of aliphatic carboxylic acids is 1. The van der Waals surface area contributed by atoms with Crippen LogP contribution in [0.25, 0.3) is 0 Å². The number of benzene rings is 1. The Morgan fingerprint density at radius 1 is 1.32 bits per heavy atom. The van der Waals surface area contributed by atoms with Gasteiger partial charge in [-0.2, -0.15) is 18.4 Å². The highest BCUT2D eigenvalue weighted by Crippen LogP contribution is 2.34. The van der Waals surface area contributed by atoms with Crippen LogP contribution in [0.4, 0.5) is 18.9 Å². The number of nitrogens with one attached hydrogen (secondary N) is 2. The first-order valence-corrected chi connectivity index (χ1v) is 5.78. The van der Waals surface area contributed by atoms with Crippen molar-refractivity contribution in [3.63, 3.8) is 0 Å². The van der Waals surface area contributed by atoms with Gasteiger partial charge in [0.2, 0.25) is 0 Å². The molecule has 6 nitrogen and oxygen atoms in total. The molecule has 9 heteroatoms. The highest BCUT2D eigenvalue weighted by atomic mass is 19.4. The van der Waals surface area contributed by atoms with Crippen molar-refractivity contribution in [3.8, 4) is 6.07 Å². The highest BCUT2D eigenvalue weighted by Gasteiger charge is 2.33. The maximum atomic E-state index is 12.8. The summed E-state index contributed by atoms with van der Waals surface area (Å²) in [7, 11) is 0. The predicted molar refractivity (Wildman–Crippen MR) is 69.4 cm³/mol. The molecule has 0 fully saturated rings. The van der Waals surface area contributed by atoms with E-state index >= 15 is 0 Å². The van der Waals surface area contributed by atoms with Crippen LogP contribution < -0.4 is 10.6 Å². The molecule has 0 radical (unpaired) electrons. The van der Waals surface area contributed by atoms with Gasteiger partial charge in [-0.25, -0.2) is 0 Å². The van der Waals surface area contributed by atoms with E-state index in [0.717, 1.165) is 18.3 Å². The molecule has 1 aromatic rings. The zero-order valence-corrected chi connectivity index (χ0v) is 10.9. The molecule has 0 aliphatic rings. The molecule has 0 bridgehead atoms. The summed E-state index contributed by atoms with van der Waals surface area (Å²) in [4.78, 5) is 21.7. The molecule has 116 valence electrons. The van der Waals surface area contributed by atoms with Crippen molar-refractivity contribution in [1.29, 1.82) is 5.26 Å². The number of anilines is 1. The quantitative estimate of drug-likeness (QED) is 0.567. The summed E-state index contributed by atoms with van der Waals surface area (Å²) in [5, 5.41) is 21.3. The lowest BCUT2D eigenvalue weighted by molar-refractivity contribution is -0.137. The molecule has 0 heterocycles. The molecule has 1 rings (SSSR count). The van der Waals surface area contributed by atoms with E-state index in [4.69, 9.17) is 10.4 Å². The van der Waals surface area contributed by atoms with Crippen LogP contribution in [-0.2, 0) is 15.8 Å². The predicted octanol–water partition coefficient (Wildman–Crippen LogP) is 1.73. The number of nitrogens with zero attached hydrogens (tertiary/aromatic N) is 1. The van der Waals surface area contributed by atoms with Gasteiger partial charge in [0.25, 0.3) is 5.91 Å². The molecule has 0 saturated heterocycles. The smallest absolute Gasteiger partial charge is 0.418 e. The number of rotatable bonds is 5. The Bertz CT molecular complexity index is 648. The van der Waals surface area contributed by atoms with Gasteiger partial charge in [-0.05, 0) is 12.1 Å². The summed E-state index contributed by atoms with van der Waals surface area (Å²) in [5.41, 5.74) is -1.86. The third-order valence-electron chi connectivity index (χ3n) is 2.37. The van der Waals surface area contributed by atoms with E-state index in [0.29, 0.717) is 0 Å². The standard InChI is InChI=1S/C13H10F3N3O3/c14-13(15,16)9-3-1-2-4-10(9)18-6-8(5-17)12(22)19-7-11(20)21/h1-4,6,18H,7H2,(H,19,22)(H,20,21)/b8-6-. The van der Waals surface area contributed by atoms with Crippen LogP contribution in [0.5, 0.6) is 0 Å². The van der Waals surface area contributed by atoms with Crippen LogP contribution >= 0.6 is 0 Å². The molecule has 0 saturated carbocycles. The fourth-order valence-corrected chi connectivity index (χ4v) is 1.41. The van der Waals surface area contributed by atoms with Crippen LogP contribution in [0.3, 0.4) is 0 Å². The summed E-state index contributed by atoms with van der Waals surface area (Å²) in [6, 6.07) is 5.98. The van der Waals surface area contributed by atoms with Crippen LogP contribution in [0.1, 0.15) is 5.56 Å². The number of carbonyl (C=O) groups is 2. The lowest BCUT2D eigenvalue weighted by atomic mass is 10.1. The van der Waals surface area contributed by atoms with E-state index in [9.17, 15) is 22.8 Å². The number of amides is 1. The van der Waals surface area contributed by atoms with E-state index in [1.807, 2.05) is 5.32 Å². The second kappa shape index (κ2) is 7.12. The molecule has 0 atom stereocenters. The number of nitriles is 1. The van der Waals surface area contributed by atoms with Crippen molar-refractivity contribution in [2.24, 2.45) is 0 Å². The number of halogens is 3. The zero-order valence-electron chi connectivity index (χ0n) is 10.9. The summed E-state index contributed by atoms with van der Waals surface area (Å²) in [6.07, 6.45) is -3.82. The van der Waals surface area contributed by atoms with Gasteiger partial charge in [0.15, 0.2) is 0 Å². The minimum atomic E-state index is -4.60. The average molecular weight is 313 g/mol. The molecule has 1 aromatic carbocycles. The Balaban J connectivity index is 2.93. The fourth-order valence-electron chi connectivity index (χ4n) is 1.41. The van der Waals surface area contributed by atoms with Crippen LogP contribution in [0.2, 0.25) is 0 Å². The summed E-state index contributed by atoms with van der Waals surface area (Å²) in [6.45, 7) is -0.711. The second-order valence-electron chi connectivity index (χ2n) is 3.93. The first kappa shape index (κ1) is 17.0. The van der Waals surface area contributed by atoms with Gasteiger partial charge in [0.05, 0.1) is 11.3 Å². The summed E-state index contributed by atoms with van der Waals surface area (Å²) in [5.74, 6) is -2.33. The number of carboxylic acids is 1. The molecular weight excluding hydrogens is 303 g/mol. The number of hydrogen-bond donors (Lipinski definition) is 3. The van der Waals surface area contributed by atoms with E-state index in [1.165, 1.54) is 18.2 Å². The molecule has 0 spiro atoms. The fraction of sp³-hybridized carbons (Fsp3) is 0.154. The van der Waals surface area contributed by atoms with Crippen molar-refractivity contribution >= 4 is 17.6 Å². The average Bonchev–Trinajstić information content (AvgIpc) is 2.45. The minimum absolute atomic E-state index is 0.339. The third-order valence-corrected chi connectivity index (χ3v) is 2.37. The zero-order chi connectivity index (χ0) is 16.8. The molecule has 0 aromatic heterocycles. The maximum Gasteiger partial charge on any atom is 0.418 e. The number of carboxylic acid groups (broad SMARTS) is 1. The van der Waals surface area contributed by atoms with Gasteiger partial charge in [0.1, 0.15) is 18.2 Å². The van der Waals surface area contributed by atoms with Crippen molar-refractivity contribution in [1.82, 2.24) is 5.32 Å². The highest BCUT2D eigenvalue weighted by molar-refractivity contribution is 5.98. The van der Waals surface area contributed by atoms with Crippen LogP contribution in [0, 0.1) is 11.3 Å². The van der Waals surface area contributed by atoms with Crippen molar-refractivity contribution in [2.45, 2.75) is 6.18 Å². The molecule has 3 N–H and O–H groups in total. The summed E-state index contributed by atoms with van der Waals surface area (Å²) < 4.78 is 38.3. The van der Waals surface area contributed by atoms with Gasteiger partial charge in [0, 0.05) is 6.20 Å². The topological polar surface area (TPSA) is 102 Å². The van der Waals surface area contributed by atoms with Crippen LogP contribution in [-0.4, -0.2) is 23.5 Å². The lowest BCUT2D eigenvalue weighted by Crippen LogP contribution is -2.30. The minimum Gasteiger partial charge on any atom is -0.480 e. The van der Waals surface area contributed by atoms with Gasteiger partial charge < -0.3 is 15.7 Å². The van der Waals surface area contributed by atoms with E-state index < -0.39 is 35.7 Å². The first-order chi connectivity index (χ1) is 10.3. The van der Waals surface area contributed by atoms with Crippen molar-refractivity contribution in [3.05, 3.63) is 41.6 Å². The number of para-hydroxylation sites is 1. The normalized spacial score (nSPS) is 11.5. The molecule has 0 aliphatic carbocycles. The monoisotopic (exact) mass is 313 g/mol. The Labute approximate surface area is 122 Å². The SMILES string of the molecule is N#C/C(=C/Nc1ccccc1C(F)(F)F)C(=O)NCC(=O)O. The van der Waals surface area contributed by atoms with Crippen LogP contribution in [0.15, 0.2) is 36.0 Å². The maximum absolute atomic E-state index is 12.8. The largest absolute Gasteiger partial charge is 0.480 e. The Morgan fingerprint density at radius 2 is 1.95 bits per heavy atom. The molecule has 0 aliphatic heterocycles. The number of carbonyl (C=O) groups excluding carboxylic acids is 1. The third kappa shape index (κ3) is 4.82. The molecular formula is C13H10F3N3O3.